The molecule has 11 heteroatoms. The Morgan fingerprint density at radius 1 is 1.20 bits per heavy atom. The summed E-state index contributed by atoms with van der Waals surface area (Å²) in [5, 5.41) is 15.3. The first-order valence-electron chi connectivity index (χ1n) is 9.79. The van der Waals surface area contributed by atoms with Gasteiger partial charge in [-0.15, -0.1) is 0 Å². The molecule has 2 saturated heterocycles. The smallest absolute Gasteiger partial charge is 0.270 e. The van der Waals surface area contributed by atoms with Gasteiger partial charge in [0, 0.05) is 49.6 Å². The van der Waals surface area contributed by atoms with Crippen molar-refractivity contribution < 1.29 is 14.1 Å². The number of nitrogens with one attached hydrogen (secondary N) is 1. The molecule has 1 N–H and O–H groups in total. The van der Waals surface area contributed by atoms with Crippen LogP contribution in [-0.2, 0) is 4.74 Å². The minimum atomic E-state index is -0.513. The molecule has 0 radical (unpaired) electrons. The first kappa shape index (κ1) is 20.0. The Morgan fingerprint density at radius 3 is 2.70 bits per heavy atom. The first-order valence-corrected chi connectivity index (χ1v) is 9.79. The number of hydrogen-bond donors (Lipinski definition) is 1. The Balaban J connectivity index is 1.54. The van der Waals surface area contributed by atoms with Crippen molar-refractivity contribution >= 4 is 29.4 Å². The molecule has 2 fully saturated rings. The molecule has 1 aromatic carbocycles. The largest absolute Gasteiger partial charge is 0.378 e. The van der Waals surface area contributed by atoms with Crippen LogP contribution in [0.4, 0.5) is 27.5 Å². The first-order chi connectivity index (χ1) is 14.6. The van der Waals surface area contributed by atoms with Crippen molar-refractivity contribution in [3.8, 4) is 0 Å². The molecule has 0 saturated carbocycles. The van der Waals surface area contributed by atoms with Gasteiger partial charge in [-0.05, 0) is 18.9 Å². The van der Waals surface area contributed by atoms with Gasteiger partial charge in [0.05, 0.1) is 30.5 Å². The molecule has 2 aromatic rings. The number of ether oxygens (including phenoxy) is 1. The summed E-state index contributed by atoms with van der Waals surface area (Å²) in [4.78, 5) is 22.8. The quantitative estimate of drug-likeness (QED) is 0.435. The molecular formula is C19H22FN7O3. The summed E-state index contributed by atoms with van der Waals surface area (Å²) in [5.74, 6) is -0.178. The second-order valence-electron chi connectivity index (χ2n) is 7.03. The predicted octanol–water partition coefficient (Wildman–Crippen LogP) is 2.41. The third-order valence-corrected chi connectivity index (χ3v) is 5.07. The van der Waals surface area contributed by atoms with E-state index in [-0.39, 0.29) is 17.5 Å². The third-order valence-electron chi connectivity index (χ3n) is 5.07. The average molecular weight is 415 g/mol. The number of nitro benzene ring substituents is 1. The Morgan fingerprint density at radius 2 is 1.97 bits per heavy atom. The fraction of sp³-hybridized carbons (Fsp3) is 0.421. The molecule has 158 valence electrons. The number of anilines is 3. The summed E-state index contributed by atoms with van der Waals surface area (Å²) < 4.78 is 19.4. The lowest BCUT2D eigenvalue weighted by Crippen LogP contribution is -2.37. The predicted molar refractivity (Wildman–Crippen MR) is 111 cm³/mol. The van der Waals surface area contributed by atoms with E-state index in [1.807, 2.05) is 0 Å². The second-order valence-corrected chi connectivity index (χ2v) is 7.03. The fourth-order valence-electron chi connectivity index (χ4n) is 3.57. The zero-order valence-corrected chi connectivity index (χ0v) is 16.3. The number of non-ortho nitro benzene ring substituents is 1. The fourth-order valence-corrected chi connectivity index (χ4v) is 3.57. The number of halogens is 1. The van der Waals surface area contributed by atoms with E-state index in [4.69, 9.17) is 4.74 Å². The van der Waals surface area contributed by atoms with Gasteiger partial charge in [-0.3, -0.25) is 10.1 Å². The molecule has 2 aliphatic heterocycles. The Kier molecular flexibility index (Phi) is 5.98. The van der Waals surface area contributed by atoms with Gasteiger partial charge in [0.1, 0.15) is 0 Å². The van der Waals surface area contributed by atoms with E-state index in [9.17, 15) is 14.5 Å². The normalized spacial score (nSPS) is 17.0. The van der Waals surface area contributed by atoms with Crippen LogP contribution in [0.25, 0.3) is 0 Å². The van der Waals surface area contributed by atoms with Gasteiger partial charge in [0.15, 0.2) is 11.6 Å². The van der Waals surface area contributed by atoms with Crippen molar-refractivity contribution in [3.63, 3.8) is 0 Å². The Hall–Kier alpha value is -3.34. The van der Waals surface area contributed by atoms with Crippen molar-refractivity contribution in [3.05, 3.63) is 45.9 Å². The number of rotatable bonds is 6. The maximum Gasteiger partial charge on any atom is 0.270 e. The summed E-state index contributed by atoms with van der Waals surface area (Å²) >= 11 is 0. The lowest BCUT2D eigenvalue weighted by molar-refractivity contribution is -0.384. The second kappa shape index (κ2) is 8.99. The molecule has 0 unspecified atom stereocenters. The number of hydrogen-bond acceptors (Lipinski definition) is 9. The maximum atomic E-state index is 14.1. The molecule has 2 aliphatic rings. The minimum Gasteiger partial charge on any atom is -0.378 e. The zero-order valence-electron chi connectivity index (χ0n) is 16.3. The van der Waals surface area contributed by atoms with Gasteiger partial charge in [0.2, 0.25) is 5.95 Å². The standard InChI is InChI=1S/C19H22FN7O3/c20-16-13-21-19(23-18(16)26-7-9-30-10-8-26)24-22-12-14-11-15(27(28)29)3-4-17(14)25-5-1-2-6-25/h3-4,11-13H,1-2,5-10H2,(H,21,23,24)/b22-12-. The number of benzene rings is 1. The average Bonchev–Trinajstić information content (AvgIpc) is 3.30. The lowest BCUT2D eigenvalue weighted by atomic mass is 10.1. The molecule has 4 rings (SSSR count). The van der Waals surface area contributed by atoms with Crippen LogP contribution >= 0.6 is 0 Å². The molecule has 0 spiro atoms. The van der Waals surface area contributed by atoms with E-state index >= 15 is 0 Å². The molecule has 10 nitrogen and oxygen atoms in total. The van der Waals surface area contributed by atoms with Crippen LogP contribution in [0.1, 0.15) is 18.4 Å². The van der Waals surface area contributed by atoms with Crippen molar-refractivity contribution in [2.45, 2.75) is 12.8 Å². The number of aromatic nitrogens is 2. The van der Waals surface area contributed by atoms with Crippen molar-refractivity contribution in [1.29, 1.82) is 0 Å². The molecule has 1 aromatic heterocycles. The number of hydrazone groups is 1. The van der Waals surface area contributed by atoms with E-state index in [0.29, 0.717) is 31.9 Å². The van der Waals surface area contributed by atoms with E-state index < -0.39 is 10.7 Å². The van der Waals surface area contributed by atoms with Gasteiger partial charge >= 0.3 is 0 Å². The lowest BCUT2D eigenvalue weighted by Gasteiger charge is -2.27. The molecule has 0 aliphatic carbocycles. The van der Waals surface area contributed by atoms with E-state index in [2.05, 4.69) is 25.4 Å². The van der Waals surface area contributed by atoms with Crippen LogP contribution in [0.15, 0.2) is 29.5 Å². The van der Waals surface area contributed by atoms with Crippen LogP contribution in [0.2, 0.25) is 0 Å². The highest BCUT2D eigenvalue weighted by Crippen LogP contribution is 2.27. The van der Waals surface area contributed by atoms with E-state index in [1.165, 1.54) is 18.3 Å². The highest BCUT2D eigenvalue weighted by molar-refractivity contribution is 5.89. The molecule has 0 bridgehead atoms. The van der Waals surface area contributed by atoms with Gasteiger partial charge in [-0.2, -0.15) is 10.1 Å². The molecule has 0 atom stereocenters. The molecule has 0 amide bonds. The Labute approximate surface area is 172 Å². The molecule has 30 heavy (non-hydrogen) atoms. The van der Waals surface area contributed by atoms with Crippen molar-refractivity contribution in [2.75, 3.05) is 54.6 Å². The molecule has 3 heterocycles. The minimum absolute atomic E-state index is 0.00738. The zero-order chi connectivity index (χ0) is 20.9. The summed E-state index contributed by atoms with van der Waals surface area (Å²) in [6.45, 7) is 3.91. The van der Waals surface area contributed by atoms with Crippen LogP contribution in [0.5, 0.6) is 0 Å². The molecular weight excluding hydrogens is 393 g/mol. The van der Waals surface area contributed by atoms with Gasteiger partial charge in [-0.25, -0.2) is 14.8 Å². The summed E-state index contributed by atoms with van der Waals surface area (Å²) in [7, 11) is 0. The van der Waals surface area contributed by atoms with Gasteiger partial charge < -0.3 is 14.5 Å². The number of nitrogens with zero attached hydrogens (tertiary/aromatic N) is 6. The maximum absolute atomic E-state index is 14.1. The monoisotopic (exact) mass is 415 g/mol. The Bertz CT molecular complexity index is 944. The van der Waals surface area contributed by atoms with Crippen molar-refractivity contribution in [2.24, 2.45) is 5.10 Å². The van der Waals surface area contributed by atoms with E-state index in [1.54, 1.807) is 11.0 Å². The summed E-state index contributed by atoms with van der Waals surface area (Å²) in [6, 6.07) is 4.73. The SMILES string of the molecule is O=[N+]([O-])c1ccc(N2CCCC2)c(/C=N\Nc2ncc(F)c(N3CCOCC3)n2)c1. The van der Waals surface area contributed by atoms with Crippen LogP contribution in [-0.4, -0.2) is 60.5 Å². The topological polar surface area (TPSA) is 109 Å². The highest BCUT2D eigenvalue weighted by Gasteiger charge is 2.19. The van der Waals surface area contributed by atoms with E-state index in [0.717, 1.165) is 37.8 Å². The third kappa shape index (κ3) is 4.46. The van der Waals surface area contributed by atoms with Crippen LogP contribution < -0.4 is 15.2 Å². The summed E-state index contributed by atoms with van der Waals surface area (Å²) in [5.41, 5.74) is 4.20. The van der Waals surface area contributed by atoms with Crippen LogP contribution in [0.3, 0.4) is 0 Å². The number of morpholine rings is 1. The summed E-state index contributed by atoms with van der Waals surface area (Å²) in [6.07, 6.45) is 4.76. The number of nitro groups is 1. The van der Waals surface area contributed by atoms with Crippen LogP contribution in [0, 0.1) is 15.9 Å². The van der Waals surface area contributed by atoms with Gasteiger partial charge in [-0.1, -0.05) is 0 Å². The highest BCUT2D eigenvalue weighted by atomic mass is 19.1. The van der Waals surface area contributed by atoms with Crippen molar-refractivity contribution in [1.82, 2.24) is 9.97 Å². The van der Waals surface area contributed by atoms with Gasteiger partial charge in [0.25, 0.3) is 5.69 Å².